The summed E-state index contributed by atoms with van der Waals surface area (Å²) in [6.07, 6.45) is 6.37. The van der Waals surface area contributed by atoms with Gasteiger partial charge in [0.05, 0.1) is 34.2 Å². The largest absolute Gasteiger partial charge is 0.481 e. The molecule has 0 unspecified atom stereocenters. The number of aromatic nitrogens is 3. The van der Waals surface area contributed by atoms with E-state index < -0.39 is 5.82 Å². The van der Waals surface area contributed by atoms with Gasteiger partial charge in [-0.3, -0.25) is 14.6 Å². The summed E-state index contributed by atoms with van der Waals surface area (Å²) < 4.78 is 21.3. The molecule has 1 aromatic carbocycles. The van der Waals surface area contributed by atoms with Crippen molar-refractivity contribution < 1.29 is 18.7 Å². The highest BCUT2D eigenvalue weighted by molar-refractivity contribution is 6.39. The molecule has 3 N–H and O–H groups in total. The fourth-order valence-corrected chi connectivity index (χ4v) is 7.01. The third-order valence-electron chi connectivity index (χ3n) is 9.34. The van der Waals surface area contributed by atoms with Crippen LogP contribution in [0.5, 0.6) is 5.88 Å². The molecule has 0 radical (unpaired) electrons. The van der Waals surface area contributed by atoms with Crippen molar-refractivity contribution in [3.63, 3.8) is 0 Å². The summed E-state index contributed by atoms with van der Waals surface area (Å²) in [7, 11) is 1.57. The van der Waals surface area contributed by atoms with Crippen LogP contribution in [0.4, 0.5) is 15.9 Å². The Labute approximate surface area is 306 Å². The normalized spacial score (nSPS) is 15.0. The van der Waals surface area contributed by atoms with Crippen LogP contribution < -0.4 is 20.7 Å². The Kier molecular flexibility index (Phi) is 12.0. The van der Waals surface area contributed by atoms with Crippen LogP contribution in [-0.4, -0.2) is 82.4 Å². The highest BCUT2D eigenvalue weighted by Gasteiger charge is 2.23. The Bertz CT molecular complexity index is 1890. The molecule has 3 aromatic heterocycles. The first-order valence-corrected chi connectivity index (χ1v) is 17.8. The molecule has 4 aromatic rings. The summed E-state index contributed by atoms with van der Waals surface area (Å²) in [5.41, 5.74) is 4.00. The molecular formula is C37H41Cl2FN8O3. The number of hydrogen-bond acceptors (Lipinski definition) is 9. The molecule has 2 aliphatic rings. The zero-order valence-electron chi connectivity index (χ0n) is 28.6. The van der Waals surface area contributed by atoms with Gasteiger partial charge in [0.25, 0.3) is 0 Å². The maximum absolute atomic E-state index is 15.7. The SMILES string of the molecule is COc1nc(-c2ccnc(-c3cccc(Nc4nccc(CNC5CCN(C(C)=O)CC5)c4F)c3Cl)c2Cl)ccc1CNCCN1CCCC1=O. The van der Waals surface area contributed by atoms with Crippen molar-refractivity contribution in [2.45, 2.75) is 51.7 Å². The predicted molar refractivity (Wildman–Crippen MR) is 197 cm³/mol. The Morgan fingerprint density at radius 1 is 0.980 bits per heavy atom. The highest BCUT2D eigenvalue weighted by Crippen LogP contribution is 2.41. The number of likely N-dealkylation sites (tertiary alicyclic amines) is 2. The van der Waals surface area contributed by atoms with Gasteiger partial charge in [0, 0.05) is 99.8 Å². The van der Waals surface area contributed by atoms with Crippen molar-refractivity contribution in [1.82, 2.24) is 35.4 Å². The van der Waals surface area contributed by atoms with Crippen LogP contribution in [0, 0.1) is 5.82 Å². The van der Waals surface area contributed by atoms with Gasteiger partial charge in [-0.15, -0.1) is 0 Å². The van der Waals surface area contributed by atoms with E-state index in [2.05, 4.69) is 25.9 Å². The molecule has 2 amide bonds. The average molecular weight is 736 g/mol. The number of carbonyl (C=O) groups is 2. The number of nitrogens with zero attached hydrogens (tertiary/aromatic N) is 5. The lowest BCUT2D eigenvalue weighted by atomic mass is 10.0. The number of amides is 2. The van der Waals surface area contributed by atoms with Gasteiger partial charge < -0.3 is 30.5 Å². The minimum Gasteiger partial charge on any atom is -0.481 e. The average Bonchev–Trinajstić information content (AvgIpc) is 3.55. The number of benzene rings is 1. The Morgan fingerprint density at radius 3 is 2.53 bits per heavy atom. The van der Waals surface area contributed by atoms with Crippen molar-refractivity contribution in [2.24, 2.45) is 0 Å². The zero-order valence-corrected chi connectivity index (χ0v) is 30.2. The number of halogens is 3. The van der Waals surface area contributed by atoms with E-state index in [0.29, 0.717) is 95.4 Å². The number of rotatable bonds is 13. The Morgan fingerprint density at radius 2 is 1.78 bits per heavy atom. The van der Waals surface area contributed by atoms with Crippen molar-refractivity contribution in [3.8, 4) is 28.4 Å². The molecule has 2 aliphatic heterocycles. The number of piperidine rings is 1. The molecule has 2 fully saturated rings. The van der Waals surface area contributed by atoms with Crippen molar-refractivity contribution in [3.05, 3.63) is 81.8 Å². The van der Waals surface area contributed by atoms with Gasteiger partial charge in [-0.05, 0) is 43.5 Å². The fraction of sp³-hybridized carbons (Fsp3) is 0.378. The van der Waals surface area contributed by atoms with Crippen LogP contribution in [0.1, 0.15) is 43.7 Å². The number of ether oxygens (including phenoxy) is 1. The van der Waals surface area contributed by atoms with E-state index in [0.717, 1.165) is 31.4 Å². The summed E-state index contributed by atoms with van der Waals surface area (Å²) in [4.78, 5) is 40.8. The highest BCUT2D eigenvalue weighted by atomic mass is 35.5. The number of nitrogens with one attached hydrogen (secondary N) is 3. The summed E-state index contributed by atoms with van der Waals surface area (Å²) in [6.45, 7) is 5.96. The lowest BCUT2D eigenvalue weighted by Crippen LogP contribution is -2.44. The lowest BCUT2D eigenvalue weighted by molar-refractivity contribution is -0.130. The first-order chi connectivity index (χ1) is 24.7. The van der Waals surface area contributed by atoms with Crippen LogP contribution >= 0.6 is 23.2 Å². The fourth-order valence-electron chi connectivity index (χ4n) is 6.44. The van der Waals surface area contributed by atoms with Gasteiger partial charge in [0.2, 0.25) is 17.7 Å². The molecule has 0 bridgehead atoms. The molecular weight excluding hydrogens is 694 g/mol. The number of pyridine rings is 3. The molecule has 0 aliphatic carbocycles. The molecule has 2 saturated heterocycles. The smallest absolute Gasteiger partial charge is 0.222 e. The second kappa shape index (κ2) is 16.8. The topological polar surface area (TPSA) is 125 Å². The number of anilines is 2. The molecule has 14 heteroatoms. The Hall–Kier alpha value is -4.36. The van der Waals surface area contributed by atoms with Gasteiger partial charge in [-0.1, -0.05) is 41.4 Å². The third kappa shape index (κ3) is 8.58. The molecule has 6 rings (SSSR count). The minimum atomic E-state index is -0.480. The van der Waals surface area contributed by atoms with Crippen LogP contribution in [0.3, 0.4) is 0 Å². The van der Waals surface area contributed by atoms with E-state index >= 15 is 4.39 Å². The summed E-state index contributed by atoms with van der Waals surface area (Å²) in [5.74, 6) is 0.309. The molecule has 268 valence electrons. The van der Waals surface area contributed by atoms with E-state index in [1.807, 2.05) is 21.9 Å². The molecule has 5 heterocycles. The van der Waals surface area contributed by atoms with E-state index in [9.17, 15) is 9.59 Å². The van der Waals surface area contributed by atoms with Gasteiger partial charge in [0.15, 0.2) is 11.6 Å². The number of hydrogen-bond donors (Lipinski definition) is 3. The third-order valence-corrected chi connectivity index (χ3v) is 10.1. The quantitative estimate of drug-likeness (QED) is 0.138. The summed E-state index contributed by atoms with van der Waals surface area (Å²) in [5, 5.41) is 10.5. The maximum Gasteiger partial charge on any atom is 0.222 e. The lowest BCUT2D eigenvalue weighted by Gasteiger charge is -2.31. The molecule has 11 nitrogen and oxygen atoms in total. The van der Waals surface area contributed by atoms with E-state index in [-0.39, 0.29) is 23.7 Å². The Balaban J connectivity index is 1.15. The van der Waals surface area contributed by atoms with E-state index in [4.69, 9.17) is 32.9 Å². The molecule has 0 saturated carbocycles. The standard InChI is InChI=1S/C37H41Cl2FN8O3/c1-23(49)47-18-12-26(13-19-47)44-22-24-10-14-43-36(34(24)40)45-30-6-3-5-28(32(30)38)35-33(39)27(11-15-42-35)29-9-8-25(37(46-29)51-2)21-41-16-20-48-17-4-7-31(48)50/h3,5-6,8-11,14-15,26,41,44H,4,7,12-13,16-22H2,1-2H3,(H,43,45). The van der Waals surface area contributed by atoms with Crippen molar-refractivity contribution in [1.29, 1.82) is 0 Å². The van der Waals surface area contributed by atoms with Crippen molar-refractivity contribution in [2.75, 3.05) is 45.2 Å². The van der Waals surface area contributed by atoms with Crippen molar-refractivity contribution >= 4 is 46.5 Å². The van der Waals surface area contributed by atoms with E-state index in [1.54, 1.807) is 56.8 Å². The summed E-state index contributed by atoms with van der Waals surface area (Å²) >= 11 is 13.9. The molecule has 51 heavy (non-hydrogen) atoms. The molecule has 0 atom stereocenters. The summed E-state index contributed by atoms with van der Waals surface area (Å²) in [6, 6.07) is 12.7. The van der Waals surface area contributed by atoms with Crippen LogP contribution in [0.2, 0.25) is 10.0 Å². The maximum atomic E-state index is 15.7. The second-order valence-electron chi connectivity index (χ2n) is 12.6. The molecule has 0 spiro atoms. The predicted octanol–water partition coefficient (Wildman–Crippen LogP) is 6.22. The van der Waals surface area contributed by atoms with Gasteiger partial charge >= 0.3 is 0 Å². The minimum absolute atomic E-state index is 0.0444. The van der Waals surface area contributed by atoms with Gasteiger partial charge in [-0.25, -0.2) is 14.4 Å². The van der Waals surface area contributed by atoms with Gasteiger partial charge in [-0.2, -0.15) is 0 Å². The van der Waals surface area contributed by atoms with Crippen LogP contribution in [-0.2, 0) is 22.7 Å². The van der Waals surface area contributed by atoms with E-state index in [1.165, 1.54) is 0 Å². The second-order valence-corrected chi connectivity index (χ2v) is 13.4. The number of carbonyl (C=O) groups excluding carboxylic acids is 2. The monoisotopic (exact) mass is 734 g/mol. The van der Waals surface area contributed by atoms with Crippen LogP contribution in [0.15, 0.2) is 54.9 Å². The number of methoxy groups -OCH3 is 1. The first kappa shape index (κ1) is 36.4. The first-order valence-electron chi connectivity index (χ1n) is 17.1. The zero-order chi connectivity index (χ0) is 35.9. The van der Waals surface area contributed by atoms with Gasteiger partial charge in [0.1, 0.15) is 0 Å². The van der Waals surface area contributed by atoms with Crippen LogP contribution in [0.25, 0.3) is 22.5 Å².